The van der Waals surface area contributed by atoms with E-state index in [1.165, 1.54) is 30.4 Å². The zero-order valence-electron chi connectivity index (χ0n) is 11.8. The van der Waals surface area contributed by atoms with Crippen LogP contribution >= 0.6 is 0 Å². The highest BCUT2D eigenvalue weighted by Gasteiger charge is 2.20. The molecule has 1 aromatic carbocycles. The van der Waals surface area contributed by atoms with Crippen molar-refractivity contribution in [2.75, 3.05) is 0 Å². The van der Waals surface area contributed by atoms with Gasteiger partial charge in [0.1, 0.15) is 0 Å². The van der Waals surface area contributed by atoms with Crippen LogP contribution in [0.5, 0.6) is 0 Å². The topological polar surface area (TPSA) is 50.9 Å². The molecule has 0 amide bonds. The molecule has 1 atom stereocenters. The summed E-state index contributed by atoms with van der Waals surface area (Å²) in [6, 6.07) is 12.8. The van der Waals surface area contributed by atoms with E-state index in [4.69, 9.17) is 5.84 Å². The monoisotopic (exact) mass is 267 g/mol. The van der Waals surface area contributed by atoms with Crippen LogP contribution in [-0.2, 0) is 0 Å². The number of aromatic nitrogens is 1. The fourth-order valence-electron chi connectivity index (χ4n) is 2.77. The first-order chi connectivity index (χ1) is 9.78. The van der Waals surface area contributed by atoms with E-state index < -0.39 is 0 Å². The predicted molar refractivity (Wildman–Crippen MR) is 81.2 cm³/mol. The van der Waals surface area contributed by atoms with Crippen molar-refractivity contribution in [2.24, 2.45) is 5.84 Å². The van der Waals surface area contributed by atoms with Crippen LogP contribution < -0.4 is 11.3 Å². The zero-order valence-corrected chi connectivity index (χ0v) is 11.8. The van der Waals surface area contributed by atoms with Crippen molar-refractivity contribution in [1.29, 1.82) is 0 Å². The first-order valence-electron chi connectivity index (χ1n) is 7.26. The van der Waals surface area contributed by atoms with Crippen LogP contribution in [-0.4, -0.2) is 4.98 Å². The van der Waals surface area contributed by atoms with Gasteiger partial charge >= 0.3 is 0 Å². The number of benzene rings is 1. The summed E-state index contributed by atoms with van der Waals surface area (Å²) in [6.45, 7) is 2.07. The van der Waals surface area contributed by atoms with Crippen LogP contribution in [0.2, 0.25) is 0 Å². The number of hydrogen-bond acceptors (Lipinski definition) is 3. The van der Waals surface area contributed by atoms with E-state index in [1.807, 2.05) is 12.3 Å². The average molecular weight is 267 g/mol. The van der Waals surface area contributed by atoms with E-state index >= 15 is 0 Å². The number of aryl methyl sites for hydroxylation is 1. The Balaban J connectivity index is 1.85. The van der Waals surface area contributed by atoms with E-state index in [0.717, 1.165) is 17.2 Å². The van der Waals surface area contributed by atoms with Crippen molar-refractivity contribution in [3.8, 4) is 0 Å². The van der Waals surface area contributed by atoms with Crippen LogP contribution in [0.3, 0.4) is 0 Å². The number of rotatable bonds is 4. The number of nitrogens with one attached hydrogen (secondary N) is 1. The number of nitrogens with two attached hydrogens (primary N) is 1. The summed E-state index contributed by atoms with van der Waals surface area (Å²) >= 11 is 0. The zero-order chi connectivity index (χ0) is 13.9. The Kier molecular flexibility index (Phi) is 3.81. The van der Waals surface area contributed by atoms with Crippen molar-refractivity contribution < 1.29 is 0 Å². The summed E-state index contributed by atoms with van der Waals surface area (Å²) in [5, 5.41) is 0. The van der Waals surface area contributed by atoms with E-state index in [1.54, 1.807) is 0 Å². The highest BCUT2D eigenvalue weighted by atomic mass is 15.2. The Bertz CT molecular complexity index is 573. The Labute approximate surface area is 120 Å². The van der Waals surface area contributed by atoms with Crippen LogP contribution in [0.4, 0.5) is 0 Å². The first-order valence-corrected chi connectivity index (χ1v) is 7.26. The summed E-state index contributed by atoms with van der Waals surface area (Å²) in [4.78, 5) is 4.43. The van der Waals surface area contributed by atoms with Gasteiger partial charge in [-0.15, -0.1) is 0 Å². The molecule has 0 saturated heterocycles. The lowest BCUT2D eigenvalue weighted by atomic mass is 9.80. The molecule has 3 nitrogen and oxygen atoms in total. The molecule has 3 heteroatoms. The number of hydrogen-bond donors (Lipinski definition) is 2. The maximum absolute atomic E-state index is 5.73. The molecule has 0 bridgehead atoms. The molecule has 1 aliphatic rings. The molecule has 1 aromatic heterocycles. The van der Waals surface area contributed by atoms with Gasteiger partial charge in [0.15, 0.2) is 0 Å². The van der Waals surface area contributed by atoms with Crippen LogP contribution in [0, 0.1) is 6.92 Å². The molecular weight excluding hydrogens is 246 g/mol. The van der Waals surface area contributed by atoms with E-state index in [2.05, 4.69) is 47.7 Å². The first kappa shape index (κ1) is 13.3. The highest BCUT2D eigenvalue weighted by molar-refractivity contribution is 5.33. The Morgan fingerprint density at radius 1 is 1.20 bits per heavy atom. The van der Waals surface area contributed by atoms with Crippen LogP contribution in [0.15, 0.2) is 42.6 Å². The van der Waals surface area contributed by atoms with E-state index in [9.17, 15) is 0 Å². The molecule has 1 fully saturated rings. The van der Waals surface area contributed by atoms with Gasteiger partial charge in [-0.25, -0.2) is 5.43 Å². The molecule has 1 saturated carbocycles. The number of nitrogens with zero attached hydrogens (tertiary/aromatic N) is 1. The lowest BCUT2D eigenvalue weighted by Gasteiger charge is -2.26. The molecule has 2 aromatic rings. The van der Waals surface area contributed by atoms with Gasteiger partial charge in [0, 0.05) is 6.20 Å². The summed E-state index contributed by atoms with van der Waals surface area (Å²) in [6.07, 6.45) is 5.86. The molecule has 3 rings (SSSR count). The molecule has 104 valence electrons. The molecule has 1 heterocycles. The van der Waals surface area contributed by atoms with Gasteiger partial charge in [0.2, 0.25) is 0 Å². The average Bonchev–Trinajstić information content (AvgIpc) is 2.40. The molecule has 0 spiro atoms. The van der Waals surface area contributed by atoms with Crippen LogP contribution in [0.25, 0.3) is 0 Å². The number of hydrazine groups is 1. The van der Waals surface area contributed by atoms with Crippen molar-refractivity contribution >= 4 is 0 Å². The lowest BCUT2D eigenvalue weighted by molar-refractivity contribution is 0.419. The number of pyridine rings is 1. The Morgan fingerprint density at radius 2 is 1.95 bits per heavy atom. The molecule has 1 unspecified atom stereocenters. The third kappa shape index (κ3) is 2.60. The third-order valence-corrected chi connectivity index (χ3v) is 4.25. The molecular formula is C17H21N3. The standard InChI is InChI=1S/C17H21N3/c1-12-9-10-19-16(11-12)17(20-18)15-7-5-14(6-8-15)13-3-2-4-13/h5-11,13,17,20H,2-4,18H2,1H3. The van der Waals surface area contributed by atoms with Gasteiger partial charge in [0.25, 0.3) is 0 Å². The minimum Gasteiger partial charge on any atom is -0.271 e. The summed E-state index contributed by atoms with van der Waals surface area (Å²) in [7, 11) is 0. The summed E-state index contributed by atoms with van der Waals surface area (Å²) in [5.41, 5.74) is 7.65. The summed E-state index contributed by atoms with van der Waals surface area (Å²) < 4.78 is 0. The molecule has 1 aliphatic carbocycles. The fraction of sp³-hybridized carbons (Fsp3) is 0.353. The second kappa shape index (κ2) is 5.73. The predicted octanol–water partition coefficient (Wildman–Crippen LogP) is 3.21. The Hall–Kier alpha value is -1.71. The quantitative estimate of drug-likeness (QED) is 0.660. The van der Waals surface area contributed by atoms with Crippen molar-refractivity contribution in [3.05, 3.63) is 65.0 Å². The summed E-state index contributed by atoms with van der Waals surface area (Å²) in [5.74, 6) is 6.50. The van der Waals surface area contributed by atoms with Crippen molar-refractivity contribution in [2.45, 2.75) is 38.1 Å². The fourth-order valence-corrected chi connectivity index (χ4v) is 2.77. The Morgan fingerprint density at radius 3 is 2.50 bits per heavy atom. The van der Waals surface area contributed by atoms with Gasteiger partial charge in [-0.05, 0) is 54.5 Å². The van der Waals surface area contributed by atoms with Crippen molar-refractivity contribution in [3.63, 3.8) is 0 Å². The second-order valence-corrected chi connectivity index (χ2v) is 5.65. The third-order valence-electron chi connectivity index (χ3n) is 4.25. The lowest BCUT2D eigenvalue weighted by Crippen LogP contribution is -2.29. The SMILES string of the molecule is Cc1ccnc(C(NN)c2ccc(C3CCC3)cc2)c1. The smallest absolute Gasteiger partial charge is 0.0881 e. The minimum absolute atomic E-state index is 0.0506. The van der Waals surface area contributed by atoms with Gasteiger partial charge in [-0.1, -0.05) is 30.7 Å². The molecule has 0 radical (unpaired) electrons. The molecule has 0 aliphatic heterocycles. The molecule has 20 heavy (non-hydrogen) atoms. The van der Waals surface area contributed by atoms with E-state index in [-0.39, 0.29) is 6.04 Å². The minimum atomic E-state index is -0.0506. The largest absolute Gasteiger partial charge is 0.271 e. The highest BCUT2D eigenvalue weighted by Crippen LogP contribution is 2.36. The van der Waals surface area contributed by atoms with Gasteiger partial charge in [-0.2, -0.15) is 0 Å². The van der Waals surface area contributed by atoms with E-state index in [0.29, 0.717) is 0 Å². The second-order valence-electron chi connectivity index (χ2n) is 5.65. The van der Waals surface area contributed by atoms with Crippen molar-refractivity contribution in [1.82, 2.24) is 10.4 Å². The normalized spacial score (nSPS) is 16.7. The van der Waals surface area contributed by atoms with Crippen LogP contribution in [0.1, 0.15) is 53.6 Å². The van der Waals surface area contributed by atoms with Gasteiger partial charge in [0.05, 0.1) is 11.7 Å². The van der Waals surface area contributed by atoms with Gasteiger partial charge in [-0.3, -0.25) is 10.8 Å². The van der Waals surface area contributed by atoms with Gasteiger partial charge < -0.3 is 0 Å². The maximum Gasteiger partial charge on any atom is 0.0881 e. The molecule has 3 N–H and O–H groups in total. The maximum atomic E-state index is 5.73.